The molecule has 0 radical (unpaired) electrons. The van der Waals surface area contributed by atoms with Crippen molar-refractivity contribution in [1.82, 2.24) is 15.1 Å². The predicted molar refractivity (Wildman–Crippen MR) is 78.0 cm³/mol. The molecule has 3 rings (SSSR count). The van der Waals surface area contributed by atoms with Crippen LogP contribution < -0.4 is 0 Å². The highest BCUT2D eigenvalue weighted by Gasteiger charge is 2.25. The van der Waals surface area contributed by atoms with Gasteiger partial charge in [-0.25, -0.2) is 0 Å². The van der Waals surface area contributed by atoms with Gasteiger partial charge in [0, 0.05) is 10.5 Å². The summed E-state index contributed by atoms with van der Waals surface area (Å²) in [5, 5.41) is 17.5. The molecular formula is C14H16BrN3O2. The predicted octanol–water partition coefficient (Wildman–Crippen LogP) is 2.46. The lowest BCUT2D eigenvalue weighted by atomic mass is 10.2. The number of hydrogen-bond donors (Lipinski definition) is 1. The Balaban J connectivity index is 1.76. The van der Waals surface area contributed by atoms with Crippen molar-refractivity contribution in [3.05, 3.63) is 34.6 Å². The van der Waals surface area contributed by atoms with Gasteiger partial charge in [-0.1, -0.05) is 12.1 Å². The molecule has 0 unspecified atom stereocenters. The van der Waals surface area contributed by atoms with Crippen LogP contribution in [-0.4, -0.2) is 39.4 Å². The minimum atomic E-state index is 0.186. The maximum Gasteiger partial charge on any atom is 0.248 e. The number of nitrogens with zero attached hydrogens (tertiary/aromatic N) is 3. The standard InChI is InChI=1S/C14H16BrN3O2/c15-12-6-2-1-5-11(12)14-17-16-13(20-14)8-18-7-3-4-10(18)9-19/h1-2,5-6,10,19H,3-4,7-9H2/t10-/m0/s1. The summed E-state index contributed by atoms with van der Waals surface area (Å²) in [6, 6.07) is 7.98. The van der Waals surface area contributed by atoms with E-state index in [1.165, 1.54) is 0 Å². The maximum absolute atomic E-state index is 9.32. The summed E-state index contributed by atoms with van der Waals surface area (Å²) in [7, 11) is 0. The van der Waals surface area contributed by atoms with Crippen molar-refractivity contribution in [2.24, 2.45) is 0 Å². The topological polar surface area (TPSA) is 62.4 Å². The summed E-state index contributed by atoms with van der Waals surface area (Å²) in [5.74, 6) is 1.11. The van der Waals surface area contributed by atoms with E-state index in [-0.39, 0.29) is 12.6 Å². The number of aromatic nitrogens is 2. The fourth-order valence-electron chi connectivity index (χ4n) is 2.54. The van der Waals surface area contributed by atoms with Crippen molar-refractivity contribution in [1.29, 1.82) is 0 Å². The van der Waals surface area contributed by atoms with Gasteiger partial charge < -0.3 is 9.52 Å². The van der Waals surface area contributed by atoms with E-state index in [0.717, 1.165) is 29.4 Å². The highest BCUT2D eigenvalue weighted by Crippen LogP contribution is 2.27. The van der Waals surface area contributed by atoms with Gasteiger partial charge >= 0.3 is 0 Å². The normalized spacial score (nSPS) is 19.6. The van der Waals surface area contributed by atoms with Crippen LogP contribution >= 0.6 is 15.9 Å². The Morgan fingerprint density at radius 3 is 3.00 bits per heavy atom. The first kappa shape index (κ1) is 13.7. The van der Waals surface area contributed by atoms with Gasteiger partial charge in [0.2, 0.25) is 11.8 Å². The van der Waals surface area contributed by atoms with Gasteiger partial charge in [0.1, 0.15) is 0 Å². The minimum absolute atomic E-state index is 0.186. The smallest absolute Gasteiger partial charge is 0.248 e. The molecule has 1 aliphatic heterocycles. The number of hydrogen-bond acceptors (Lipinski definition) is 5. The Hall–Kier alpha value is -1.24. The SMILES string of the molecule is OC[C@@H]1CCCN1Cc1nnc(-c2ccccc2Br)o1. The largest absolute Gasteiger partial charge is 0.419 e. The molecule has 20 heavy (non-hydrogen) atoms. The molecule has 0 saturated carbocycles. The second-order valence-corrected chi connectivity index (χ2v) is 5.78. The van der Waals surface area contributed by atoms with Crippen molar-refractivity contribution in [3.63, 3.8) is 0 Å². The average molecular weight is 338 g/mol. The Labute approximate surface area is 125 Å². The second kappa shape index (κ2) is 6.03. The average Bonchev–Trinajstić information content (AvgIpc) is 3.09. The Morgan fingerprint density at radius 2 is 2.20 bits per heavy atom. The third kappa shape index (κ3) is 2.77. The number of aliphatic hydroxyl groups excluding tert-OH is 1. The van der Waals surface area contributed by atoms with Gasteiger partial charge in [-0.15, -0.1) is 10.2 Å². The number of halogens is 1. The second-order valence-electron chi connectivity index (χ2n) is 4.93. The van der Waals surface area contributed by atoms with Crippen molar-refractivity contribution < 1.29 is 9.52 Å². The van der Waals surface area contributed by atoms with Gasteiger partial charge in [-0.3, -0.25) is 4.90 Å². The molecule has 1 aromatic carbocycles. The third-order valence-electron chi connectivity index (χ3n) is 3.62. The summed E-state index contributed by atoms with van der Waals surface area (Å²) in [4.78, 5) is 2.19. The van der Waals surface area contributed by atoms with Crippen LogP contribution in [0.25, 0.3) is 11.5 Å². The van der Waals surface area contributed by atoms with Crippen molar-refractivity contribution in [2.75, 3.05) is 13.2 Å². The Morgan fingerprint density at radius 1 is 1.35 bits per heavy atom. The lowest BCUT2D eigenvalue weighted by Gasteiger charge is -2.20. The van der Waals surface area contributed by atoms with E-state index in [0.29, 0.717) is 18.3 Å². The van der Waals surface area contributed by atoms with Gasteiger partial charge in [0.15, 0.2) is 0 Å². The molecule has 1 atom stereocenters. The molecule has 0 bridgehead atoms. The zero-order chi connectivity index (χ0) is 13.9. The van der Waals surface area contributed by atoms with Crippen LogP contribution in [0.2, 0.25) is 0 Å². The highest BCUT2D eigenvalue weighted by atomic mass is 79.9. The van der Waals surface area contributed by atoms with E-state index in [1.54, 1.807) is 0 Å². The molecule has 6 heteroatoms. The van der Waals surface area contributed by atoms with Gasteiger partial charge in [-0.2, -0.15) is 0 Å². The van der Waals surface area contributed by atoms with Crippen molar-refractivity contribution >= 4 is 15.9 Å². The zero-order valence-electron chi connectivity index (χ0n) is 11.0. The summed E-state index contributed by atoms with van der Waals surface area (Å²) >= 11 is 3.48. The first-order valence-electron chi connectivity index (χ1n) is 6.70. The molecule has 1 aliphatic rings. The Kier molecular flexibility index (Phi) is 4.14. The van der Waals surface area contributed by atoms with Gasteiger partial charge in [0.25, 0.3) is 0 Å². The summed E-state index contributed by atoms with van der Waals surface area (Å²) in [6.07, 6.45) is 2.14. The summed E-state index contributed by atoms with van der Waals surface area (Å²) in [6.45, 7) is 1.76. The minimum Gasteiger partial charge on any atom is -0.419 e. The number of rotatable bonds is 4. The lowest BCUT2D eigenvalue weighted by Crippen LogP contribution is -2.31. The molecule has 2 heterocycles. The van der Waals surface area contributed by atoms with Crippen molar-refractivity contribution in [3.8, 4) is 11.5 Å². The molecule has 0 spiro atoms. The summed E-state index contributed by atoms with van der Waals surface area (Å²) < 4.78 is 6.66. The van der Waals surface area contributed by atoms with Crippen LogP contribution in [0.4, 0.5) is 0 Å². The fourth-order valence-corrected chi connectivity index (χ4v) is 3.00. The molecule has 1 N–H and O–H groups in total. The number of benzene rings is 1. The molecule has 5 nitrogen and oxygen atoms in total. The third-order valence-corrected chi connectivity index (χ3v) is 4.31. The van der Waals surface area contributed by atoms with Crippen LogP contribution in [-0.2, 0) is 6.54 Å². The van der Waals surface area contributed by atoms with E-state index in [2.05, 4.69) is 31.0 Å². The van der Waals surface area contributed by atoms with Crippen LogP contribution in [0.5, 0.6) is 0 Å². The molecule has 1 fully saturated rings. The van der Waals surface area contributed by atoms with E-state index in [1.807, 2.05) is 24.3 Å². The monoisotopic (exact) mass is 337 g/mol. The maximum atomic E-state index is 9.32. The molecule has 0 aliphatic carbocycles. The number of aliphatic hydroxyl groups is 1. The molecular weight excluding hydrogens is 322 g/mol. The van der Waals surface area contributed by atoms with E-state index < -0.39 is 0 Å². The summed E-state index contributed by atoms with van der Waals surface area (Å²) in [5.41, 5.74) is 0.895. The molecule has 106 valence electrons. The first-order valence-corrected chi connectivity index (χ1v) is 7.49. The van der Waals surface area contributed by atoms with Crippen LogP contribution in [0.15, 0.2) is 33.2 Å². The highest BCUT2D eigenvalue weighted by molar-refractivity contribution is 9.10. The van der Waals surface area contributed by atoms with Crippen molar-refractivity contribution in [2.45, 2.75) is 25.4 Å². The van der Waals surface area contributed by atoms with Gasteiger partial charge in [-0.05, 0) is 47.4 Å². The van der Waals surface area contributed by atoms with Gasteiger partial charge in [0.05, 0.1) is 18.7 Å². The molecule has 1 aromatic heterocycles. The zero-order valence-corrected chi connectivity index (χ0v) is 12.6. The Bertz CT molecular complexity index is 587. The van der Waals surface area contributed by atoms with Crippen LogP contribution in [0, 0.1) is 0 Å². The van der Waals surface area contributed by atoms with E-state index >= 15 is 0 Å². The first-order chi connectivity index (χ1) is 9.78. The quantitative estimate of drug-likeness (QED) is 0.928. The number of likely N-dealkylation sites (tertiary alicyclic amines) is 1. The lowest BCUT2D eigenvalue weighted by molar-refractivity contribution is 0.144. The molecule has 2 aromatic rings. The van der Waals surface area contributed by atoms with Crippen LogP contribution in [0.3, 0.4) is 0 Å². The van der Waals surface area contributed by atoms with E-state index in [9.17, 15) is 5.11 Å². The van der Waals surface area contributed by atoms with Crippen LogP contribution in [0.1, 0.15) is 18.7 Å². The fraction of sp³-hybridized carbons (Fsp3) is 0.429. The van der Waals surface area contributed by atoms with E-state index in [4.69, 9.17) is 4.42 Å². The molecule has 1 saturated heterocycles. The molecule has 0 amide bonds.